The third-order valence-electron chi connectivity index (χ3n) is 0.894. The monoisotopic (exact) mass is 181 g/mol. The van der Waals surface area contributed by atoms with Crippen molar-refractivity contribution in [3.8, 4) is 0 Å². The molecule has 1 aromatic heterocycles. The maximum absolute atomic E-state index is 5.85. The minimum absolute atomic E-state index is 0.122. The number of nitrogens with zero attached hydrogens (tertiary/aromatic N) is 3. The summed E-state index contributed by atoms with van der Waals surface area (Å²) in [4.78, 5) is 11.0. The Morgan fingerprint density at radius 2 is 1.69 bits per heavy atom. The second-order valence-electron chi connectivity index (χ2n) is 1.80. The lowest BCUT2D eigenvalue weighted by molar-refractivity contribution is 1.07. The molecular formula is C6H11N7. The molecule has 0 atom stereocenters. The van der Waals surface area contributed by atoms with Gasteiger partial charge in [-0.2, -0.15) is 15.0 Å². The molecule has 0 bridgehead atoms. The van der Waals surface area contributed by atoms with E-state index in [4.69, 9.17) is 16.9 Å². The van der Waals surface area contributed by atoms with Gasteiger partial charge in [-0.25, -0.2) is 0 Å². The first-order valence-electron chi connectivity index (χ1n) is 3.27. The fraction of sp³-hybridized carbons (Fsp3) is 0.167. The van der Waals surface area contributed by atoms with Crippen LogP contribution in [0, 0.1) is 5.41 Å². The highest BCUT2D eigenvalue weighted by Crippen LogP contribution is 2.00. The van der Waals surface area contributed by atoms with E-state index < -0.39 is 0 Å². The highest BCUT2D eigenvalue weighted by atomic mass is 15.2. The molecule has 0 radical (unpaired) electrons. The fourth-order valence-corrected chi connectivity index (χ4v) is 0.521. The van der Waals surface area contributed by atoms with Crippen LogP contribution in [0.1, 0.15) is 0 Å². The summed E-state index contributed by atoms with van der Waals surface area (Å²) in [6.07, 6.45) is 0. The van der Waals surface area contributed by atoms with Crippen molar-refractivity contribution in [3.05, 3.63) is 6.58 Å². The molecule has 0 fully saturated rings. The third kappa shape index (κ3) is 4.33. The molecule has 0 unspecified atom stereocenters. The Morgan fingerprint density at radius 3 is 2.00 bits per heavy atom. The Hall–Kier alpha value is -2.14. The predicted molar refractivity (Wildman–Crippen MR) is 51.6 cm³/mol. The Labute approximate surface area is 75.4 Å². The summed E-state index contributed by atoms with van der Waals surface area (Å²) in [5.74, 6) is 2.37. The van der Waals surface area contributed by atoms with Crippen molar-refractivity contribution in [2.24, 2.45) is 0 Å². The summed E-state index contributed by atoms with van der Waals surface area (Å²) in [6, 6.07) is 0. The number of aromatic nitrogens is 3. The second-order valence-corrected chi connectivity index (χ2v) is 1.80. The number of nitrogens with one attached hydrogen (secondary N) is 2. The first-order valence-corrected chi connectivity index (χ1v) is 3.27. The molecule has 1 rings (SSSR count). The van der Waals surface area contributed by atoms with E-state index in [2.05, 4.69) is 26.8 Å². The Balaban J connectivity index is 0.000000424. The van der Waals surface area contributed by atoms with Crippen LogP contribution in [0.4, 0.5) is 17.8 Å². The normalized spacial score (nSPS) is 7.77. The largest absolute Gasteiger partial charge is 0.368 e. The number of hydrogen-bond donors (Lipinski definition) is 4. The molecule has 13 heavy (non-hydrogen) atoms. The standard InChI is InChI=1S/C4H8N6.C2H3N/c1-7-4-9-2(5)8-3(6)10-4;1-2-3/h1H3,(H5,5,6,7,8,9,10);3H,1H2. The van der Waals surface area contributed by atoms with Crippen LogP contribution < -0.4 is 16.8 Å². The van der Waals surface area contributed by atoms with E-state index in [1.54, 1.807) is 12.9 Å². The lowest BCUT2D eigenvalue weighted by atomic mass is 10.8. The highest BCUT2D eigenvalue weighted by molar-refractivity contribution is 5.41. The SMILES string of the molecule is C=C=N.CNc1nc(N)nc(N)n1. The van der Waals surface area contributed by atoms with Crippen molar-refractivity contribution >= 4 is 23.7 Å². The van der Waals surface area contributed by atoms with Gasteiger partial charge in [0.2, 0.25) is 17.8 Å². The van der Waals surface area contributed by atoms with Crippen molar-refractivity contribution in [1.82, 2.24) is 15.0 Å². The fourth-order valence-electron chi connectivity index (χ4n) is 0.521. The van der Waals surface area contributed by atoms with Crippen molar-refractivity contribution < 1.29 is 0 Å². The number of nitrogens with two attached hydrogens (primary N) is 2. The average Bonchev–Trinajstić information content (AvgIpc) is 2.04. The highest BCUT2D eigenvalue weighted by Gasteiger charge is 1.96. The van der Waals surface area contributed by atoms with Gasteiger partial charge >= 0.3 is 0 Å². The van der Waals surface area contributed by atoms with Gasteiger partial charge in [0.15, 0.2) is 0 Å². The number of nitrogen functional groups attached to an aromatic ring is 2. The first-order chi connectivity index (χ1) is 6.13. The maximum Gasteiger partial charge on any atom is 0.229 e. The van der Waals surface area contributed by atoms with Crippen LogP contribution >= 0.6 is 0 Å². The predicted octanol–water partition coefficient (Wildman–Crippen LogP) is -0.501. The van der Waals surface area contributed by atoms with Gasteiger partial charge in [-0.1, -0.05) is 0 Å². The van der Waals surface area contributed by atoms with E-state index in [0.29, 0.717) is 5.95 Å². The van der Waals surface area contributed by atoms with E-state index >= 15 is 0 Å². The van der Waals surface area contributed by atoms with E-state index in [1.165, 1.54) is 0 Å². The molecule has 0 saturated carbocycles. The van der Waals surface area contributed by atoms with Crippen LogP contribution in [-0.4, -0.2) is 27.9 Å². The van der Waals surface area contributed by atoms with E-state index in [1.807, 2.05) is 0 Å². The summed E-state index contributed by atoms with van der Waals surface area (Å²) in [5.41, 5.74) is 10.5. The molecular weight excluding hydrogens is 170 g/mol. The van der Waals surface area contributed by atoms with Crippen LogP contribution in [0.2, 0.25) is 0 Å². The minimum atomic E-state index is 0.122. The van der Waals surface area contributed by atoms with E-state index in [0.717, 1.165) is 0 Å². The van der Waals surface area contributed by atoms with Gasteiger partial charge in [-0.05, 0) is 12.4 Å². The van der Waals surface area contributed by atoms with Crippen LogP contribution in [-0.2, 0) is 0 Å². The number of rotatable bonds is 1. The average molecular weight is 181 g/mol. The maximum atomic E-state index is 5.85. The molecule has 0 saturated heterocycles. The lowest BCUT2D eigenvalue weighted by Gasteiger charge is -1.98. The van der Waals surface area contributed by atoms with Gasteiger partial charge < -0.3 is 16.8 Å². The number of anilines is 3. The Morgan fingerprint density at radius 1 is 1.31 bits per heavy atom. The quantitative estimate of drug-likeness (QED) is 0.432. The number of hydrogen-bond acceptors (Lipinski definition) is 7. The van der Waals surface area contributed by atoms with E-state index in [9.17, 15) is 0 Å². The Bertz CT molecular complexity index is 282. The van der Waals surface area contributed by atoms with Crippen molar-refractivity contribution in [2.75, 3.05) is 23.8 Å². The molecule has 0 aliphatic rings. The van der Waals surface area contributed by atoms with Gasteiger partial charge in [0.25, 0.3) is 0 Å². The zero-order chi connectivity index (χ0) is 10.3. The molecule has 70 valence electrons. The topological polar surface area (TPSA) is 127 Å². The van der Waals surface area contributed by atoms with Gasteiger partial charge in [0, 0.05) is 7.05 Å². The molecule has 0 amide bonds. The van der Waals surface area contributed by atoms with Crippen molar-refractivity contribution in [3.63, 3.8) is 0 Å². The van der Waals surface area contributed by atoms with Crippen molar-refractivity contribution in [1.29, 1.82) is 5.41 Å². The molecule has 0 spiro atoms. The first kappa shape index (κ1) is 10.9. The molecule has 1 heterocycles. The molecule has 0 aromatic carbocycles. The third-order valence-corrected chi connectivity index (χ3v) is 0.894. The minimum Gasteiger partial charge on any atom is -0.368 e. The molecule has 1 aromatic rings. The zero-order valence-corrected chi connectivity index (χ0v) is 7.20. The van der Waals surface area contributed by atoms with E-state index in [-0.39, 0.29) is 11.9 Å². The summed E-state index contributed by atoms with van der Waals surface area (Å²) >= 11 is 0. The van der Waals surface area contributed by atoms with Gasteiger partial charge in [0.1, 0.15) is 0 Å². The Kier molecular flexibility index (Phi) is 4.60. The molecule has 7 heteroatoms. The summed E-state index contributed by atoms with van der Waals surface area (Å²) in [7, 11) is 1.67. The molecule has 7 nitrogen and oxygen atoms in total. The van der Waals surface area contributed by atoms with Gasteiger partial charge in [0.05, 0.1) is 0 Å². The molecule has 0 aliphatic carbocycles. The van der Waals surface area contributed by atoms with Crippen molar-refractivity contribution in [2.45, 2.75) is 0 Å². The molecule has 6 N–H and O–H groups in total. The summed E-state index contributed by atoms with van der Waals surface area (Å²) < 4.78 is 0. The summed E-state index contributed by atoms with van der Waals surface area (Å²) in [6.45, 7) is 2.90. The van der Waals surface area contributed by atoms with Crippen LogP contribution in [0.5, 0.6) is 0 Å². The van der Waals surface area contributed by atoms with Crippen LogP contribution in [0.15, 0.2) is 6.58 Å². The smallest absolute Gasteiger partial charge is 0.229 e. The van der Waals surface area contributed by atoms with Crippen LogP contribution in [0.25, 0.3) is 0 Å². The van der Waals surface area contributed by atoms with Crippen LogP contribution in [0.3, 0.4) is 0 Å². The second kappa shape index (κ2) is 5.50. The lowest BCUT2D eigenvalue weighted by Crippen LogP contribution is -2.06. The zero-order valence-electron chi connectivity index (χ0n) is 7.20. The van der Waals surface area contributed by atoms with Gasteiger partial charge in [-0.15, -0.1) is 0 Å². The summed E-state index contributed by atoms with van der Waals surface area (Å²) in [5, 5.41) is 8.53. The molecule has 0 aliphatic heterocycles. The van der Waals surface area contributed by atoms with Gasteiger partial charge in [-0.3, -0.25) is 5.41 Å².